The number of nitrogens with one attached hydrogen (secondary N) is 2. The van der Waals surface area contributed by atoms with Crippen LogP contribution in [0.2, 0.25) is 0 Å². The summed E-state index contributed by atoms with van der Waals surface area (Å²) in [7, 11) is 0. The molecular weight excluding hydrogens is 356 g/mol. The maximum absolute atomic E-state index is 12.1. The molecule has 0 spiro atoms. The van der Waals surface area contributed by atoms with Gasteiger partial charge in [-0.2, -0.15) is 0 Å². The lowest BCUT2D eigenvalue weighted by atomic mass is 10.2. The summed E-state index contributed by atoms with van der Waals surface area (Å²) in [4.78, 5) is 61.1. The van der Waals surface area contributed by atoms with Gasteiger partial charge < -0.3 is 4.74 Å². The zero-order valence-electron chi connectivity index (χ0n) is 14.4. The molecule has 0 bridgehead atoms. The number of likely N-dealkylation sites (tertiary alicyclic amines) is 1. The van der Waals surface area contributed by atoms with Crippen molar-refractivity contribution in [3.63, 3.8) is 0 Å². The van der Waals surface area contributed by atoms with Crippen molar-refractivity contribution in [3.8, 4) is 5.75 Å². The van der Waals surface area contributed by atoms with Crippen molar-refractivity contribution in [3.05, 3.63) is 24.3 Å². The van der Waals surface area contributed by atoms with Gasteiger partial charge in [-0.1, -0.05) is 12.1 Å². The summed E-state index contributed by atoms with van der Waals surface area (Å²) in [6.45, 7) is -0.494. The van der Waals surface area contributed by atoms with Crippen LogP contribution in [0.5, 0.6) is 5.75 Å². The summed E-state index contributed by atoms with van der Waals surface area (Å²) in [6, 6.07) is 6.81. The molecule has 0 aliphatic carbocycles. The fourth-order valence-electron chi connectivity index (χ4n) is 2.80. The lowest BCUT2D eigenvalue weighted by molar-refractivity contribution is -0.139. The molecule has 10 heteroatoms. The number of benzene rings is 1. The number of nitrogens with zero attached hydrogens (tertiary/aromatic N) is 2. The topological polar surface area (TPSA) is 125 Å². The molecule has 1 aromatic rings. The number of anilines is 1. The van der Waals surface area contributed by atoms with Gasteiger partial charge in [-0.3, -0.25) is 44.6 Å². The first-order valence-electron chi connectivity index (χ1n) is 8.39. The molecule has 2 N–H and O–H groups in total. The lowest BCUT2D eigenvalue weighted by Gasteiger charge is -2.28. The Kier molecular flexibility index (Phi) is 5.34. The predicted octanol–water partition coefficient (Wildman–Crippen LogP) is -0.901. The van der Waals surface area contributed by atoms with Gasteiger partial charge in [-0.25, -0.2) is 0 Å². The number of hydrazine groups is 1. The first kappa shape index (κ1) is 18.4. The van der Waals surface area contributed by atoms with E-state index in [-0.39, 0.29) is 56.7 Å². The molecule has 142 valence electrons. The number of imide groups is 1. The van der Waals surface area contributed by atoms with Crippen LogP contribution >= 0.6 is 0 Å². The average molecular weight is 374 g/mol. The monoisotopic (exact) mass is 374 g/mol. The van der Waals surface area contributed by atoms with Crippen molar-refractivity contribution in [2.24, 2.45) is 0 Å². The normalized spacial score (nSPS) is 16.1. The van der Waals surface area contributed by atoms with Crippen molar-refractivity contribution in [1.29, 1.82) is 0 Å². The molecule has 2 aliphatic rings. The second-order valence-electron chi connectivity index (χ2n) is 6.02. The molecule has 27 heavy (non-hydrogen) atoms. The third kappa shape index (κ3) is 4.22. The van der Waals surface area contributed by atoms with E-state index in [0.29, 0.717) is 11.4 Å². The summed E-state index contributed by atoms with van der Waals surface area (Å²) >= 11 is 0. The summed E-state index contributed by atoms with van der Waals surface area (Å²) < 4.78 is 5.29. The van der Waals surface area contributed by atoms with Crippen LogP contribution in [-0.4, -0.2) is 54.1 Å². The molecule has 10 nitrogen and oxygen atoms in total. The van der Waals surface area contributed by atoms with E-state index >= 15 is 0 Å². The summed E-state index contributed by atoms with van der Waals surface area (Å²) in [5, 5.41) is 0. The highest BCUT2D eigenvalue weighted by Crippen LogP contribution is 2.31. The molecule has 1 saturated heterocycles. The molecule has 0 saturated carbocycles. The maximum atomic E-state index is 12.1. The Morgan fingerprint density at radius 3 is 2.33 bits per heavy atom. The molecule has 0 atom stereocenters. The van der Waals surface area contributed by atoms with Gasteiger partial charge in [-0.05, 0) is 12.1 Å². The highest BCUT2D eigenvalue weighted by molar-refractivity contribution is 6.03. The summed E-state index contributed by atoms with van der Waals surface area (Å²) in [5.74, 6) is -1.64. The minimum atomic E-state index is -0.596. The number of rotatable bonds is 5. The van der Waals surface area contributed by atoms with Crippen LogP contribution in [0.25, 0.3) is 0 Å². The van der Waals surface area contributed by atoms with Gasteiger partial charge in [0, 0.05) is 25.8 Å². The van der Waals surface area contributed by atoms with Crippen LogP contribution in [0.1, 0.15) is 19.3 Å². The summed E-state index contributed by atoms with van der Waals surface area (Å²) in [6.07, 6.45) is 0.190. The van der Waals surface area contributed by atoms with Crippen LogP contribution in [-0.2, 0) is 24.0 Å². The third-order valence-corrected chi connectivity index (χ3v) is 4.17. The minimum Gasteiger partial charge on any atom is -0.482 e. The average Bonchev–Trinajstić information content (AvgIpc) is 2.98. The van der Waals surface area contributed by atoms with Crippen LogP contribution in [0.4, 0.5) is 5.69 Å². The highest BCUT2D eigenvalue weighted by atomic mass is 16.5. The quantitative estimate of drug-likeness (QED) is 0.508. The maximum Gasteiger partial charge on any atom is 0.265 e. The second kappa shape index (κ2) is 7.85. The van der Waals surface area contributed by atoms with E-state index in [9.17, 15) is 24.0 Å². The van der Waals surface area contributed by atoms with Gasteiger partial charge in [-0.15, -0.1) is 0 Å². The van der Waals surface area contributed by atoms with Crippen LogP contribution in [0, 0.1) is 0 Å². The van der Waals surface area contributed by atoms with E-state index in [1.54, 1.807) is 24.3 Å². The molecule has 5 amide bonds. The van der Waals surface area contributed by atoms with Crippen molar-refractivity contribution in [1.82, 2.24) is 15.8 Å². The molecule has 1 aromatic carbocycles. The van der Waals surface area contributed by atoms with Gasteiger partial charge in [0.2, 0.25) is 17.7 Å². The smallest absolute Gasteiger partial charge is 0.265 e. The van der Waals surface area contributed by atoms with Crippen molar-refractivity contribution in [2.75, 3.05) is 24.6 Å². The number of carbonyl (C=O) groups is 5. The number of ether oxygens (including phenoxy) is 1. The molecule has 2 aliphatic heterocycles. The van der Waals surface area contributed by atoms with E-state index in [2.05, 4.69) is 10.9 Å². The van der Waals surface area contributed by atoms with E-state index in [1.165, 1.54) is 4.90 Å². The molecule has 0 aromatic heterocycles. The number of fused-ring (bicyclic) bond motifs is 1. The molecule has 2 heterocycles. The Labute approximate surface area is 154 Å². The number of hydrogen-bond acceptors (Lipinski definition) is 6. The largest absolute Gasteiger partial charge is 0.482 e. The van der Waals surface area contributed by atoms with Gasteiger partial charge >= 0.3 is 0 Å². The van der Waals surface area contributed by atoms with E-state index < -0.39 is 11.8 Å². The summed E-state index contributed by atoms with van der Waals surface area (Å²) in [5.41, 5.74) is 4.90. The Bertz CT molecular complexity index is 792. The zero-order valence-corrected chi connectivity index (χ0v) is 14.4. The minimum absolute atomic E-state index is 0.0330. The van der Waals surface area contributed by atoms with Crippen LogP contribution in [0.3, 0.4) is 0 Å². The van der Waals surface area contributed by atoms with Crippen LogP contribution in [0.15, 0.2) is 24.3 Å². The van der Waals surface area contributed by atoms with Crippen LogP contribution < -0.4 is 20.5 Å². The second-order valence-corrected chi connectivity index (χ2v) is 6.02. The third-order valence-electron chi connectivity index (χ3n) is 4.17. The lowest BCUT2D eigenvalue weighted by Crippen LogP contribution is -2.50. The number of hydrogen-bond donors (Lipinski definition) is 2. The van der Waals surface area contributed by atoms with Gasteiger partial charge in [0.15, 0.2) is 6.61 Å². The first-order chi connectivity index (χ1) is 13.0. The highest BCUT2D eigenvalue weighted by Gasteiger charge is 2.29. The van der Waals surface area contributed by atoms with Crippen molar-refractivity contribution < 1.29 is 28.7 Å². The van der Waals surface area contributed by atoms with Crippen molar-refractivity contribution in [2.45, 2.75) is 19.3 Å². The molecule has 3 rings (SSSR count). The number of carbonyl (C=O) groups excluding carboxylic acids is 5. The SMILES string of the molecule is O=C(CCN1C(=O)CCC1=O)NNC(=O)CN1C(=O)COc2ccccc21. The molecular formula is C17H18N4O6. The first-order valence-corrected chi connectivity index (χ1v) is 8.39. The van der Waals surface area contributed by atoms with Gasteiger partial charge in [0.25, 0.3) is 11.8 Å². The Morgan fingerprint density at radius 2 is 1.59 bits per heavy atom. The Hall–Kier alpha value is -3.43. The number of para-hydroxylation sites is 2. The number of amides is 5. The zero-order chi connectivity index (χ0) is 19.4. The fourth-order valence-corrected chi connectivity index (χ4v) is 2.80. The van der Waals surface area contributed by atoms with Gasteiger partial charge in [0.05, 0.1) is 5.69 Å². The molecule has 0 unspecified atom stereocenters. The Morgan fingerprint density at radius 1 is 0.926 bits per heavy atom. The van der Waals surface area contributed by atoms with E-state index in [1.807, 2.05) is 0 Å². The molecule has 0 radical (unpaired) electrons. The molecule has 1 fully saturated rings. The van der Waals surface area contributed by atoms with Crippen molar-refractivity contribution >= 4 is 35.2 Å². The fraction of sp³-hybridized carbons (Fsp3) is 0.353. The van der Waals surface area contributed by atoms with E-state index in [0.717, 1.165) is 4.90 Å². The Balaban J connectivity index is 1.47. The predicted molar refractivity (Wildman–Crippen MR) is 91.1 cm³/mol. The van der Waals surface area contributed by atoms with E-state index in [4.69, 9.17) is 4.74 Å². The standard InChI is InChI=1S/C17H18N4O6/c22-13(7-8-20-15(24)5-6-16(20)25)18-19-14(23)9-21-11-3-1-2-4-12(11)27-10-17(21)26/h1-4H,5-10H2,(H,18,22)(H,19,23). The van der Waals surface area contributed by atoms with Gasteiger partial charge in [0.1, 0.15) is 12.3 Å².